The highest BCUT2D eigenvalue weighted by molar-refractivity contribution is 6.00. The predicted octanol–water partition coefficient (Wildman–Crippen LogP) is 2.99. The maximum Gasteiger partial charge on any atom is 0.323 e. The minimum atomic E-state index is -0.366. The van der Waals surface area contributed by atoms with Crippen molar-refractivity contribution in [2.24, 2.45) is 0 Å². The first kappa shape index (κ1) is 14.6. The van der Waals surface area contributed by atoms with Crippen molar-refractivity contribution in [3.05, 3.63) is 54.1 Å². The second-order valence-electron chi connectivity index (χ2n) is 4.30. The Morgan fingerprint density at radius 1 is 1.14 bits per heavy atom. The van der Waals surface area contributed by atoms with Gasteiger partial charge in [0.05, 0.1) is 12.8 Å². The number of nitrogens with one attached hydrogen (secondary N) is 2. The third-order valence-electron chi connectivity index (χ3n) is 2.82. The van der Waals surface area contributed by atoms with Gasteiger partial charge in [0.1, 0.15) is 5.75 Å². The molecule has 2 rings (SSSR count). The van der Waals surface area contributed by atoms with Crippen molar-refractivity contribution < 1.29 is 14.3 Å². The molecule has 0 aliphatic heterocycles. The summed E-state index contributed by atoms with van der Waals surface area (Å²) in [5, 5.41) is 5.42. The molecule has 0 unspecified atom stereocenters. The van der Waals surface area contributed by atoms with Gasteiger partial charge in [0, 0.05) is 12.1 Å². The fourth-order valence-electron chi connectivity index (χ4n) is 1.84. The lowest BCUT2D eigenvalue weighted by Gasteiger charge is -2.12. The van der Waals surface area contributed by atoms with Gasteiger partial charge in [0.25, 0.3) is 0 Å². The number of methoxy groups -OCH3 is 1. The van der Waals surface area contributed by atoms with Gasteiger partial charge >= 0.3 is 6.03 Å². The first-order valence-electron chi connectivity index (χ1n) is 6.38. The van der Waals surface area contributed by atoms with Gasteiger partial charge in [0.2, 0.25) is 6.29 Å². The quantitative estimate of drug-likeness (QED) is 0.886. The van der Waals surface area contributed by atoms with E-state index in [9.17, 15) is 9.59 Å². The van der Waals surface area contributed by atoms with Gasteiger partial charge in [-0.05, 0) is 29.8 Å². The number of hydrogen-bond donors (Lipinski definition) is 2. The van der Waals surface area contributed by atoms with E-state index in [1.807, 2.05) is 24.5 Å². The summed E-state index contributed by atoms with van der Waals surface area (Å²) in [5.41, 5.74) is 2.00. The molecule has 21 heavy (non-hydrogen) atoms. The van der Waals surface area contributed by atoms with Crippen molar-refractivity contribution in [1.82, 2.24) is 0 Å². The van der Waals surface area contributed by atoms with E-state index in [1.165, 1.54) is 7.11 Å². The summed E-state index contributed by atoms with van der Waals surface area (Å²) in [6.07, 6.45) is 2.01. The number of amides is 2. The van der Waals surface area contributed by atoms with Gasteiger partial charge in [-0.25, -0.2) is 4.79 Å². The molecule has 0 atom stereocenters. The minimum Gasteiger partial charge on any atom is -0.495 e. The van der Waals surface area contributed by atoms with Crippen molar-refractivity contribution in [2.75, 3.05) is 17.7 Å². The van der Waals surface area contributed by atoms with E-state index in [1.54, 1.807) is 30.3 Å². The van der Waals surface area contributed by atoms with Crippen LogP contribution in [0.4, 0.5) is 16.2 Å². The summed E-state index contributed by atoms with van der Waals surface area (Å²) in [5.74, 6) is 0.492. The molecule has 2 amide bonds. The molecule has 0 spiro atoms. The van der Waals surface area contributed by atoms with Gasteiger partial charge < -0.3 is 15.4 Å². The molecule has 0 fully saturated rings. The second-order valence-corrected chi connectivity index (χ2v) is 4.30. The first-order chi connectivity index (χ1) is 10.2. The van der Waals surface area contributed by atoms with Crippen LogP contribution in [0.25, 0.3) is 0 Å². The molecular formula is C16H15N2O3. The molecule has 2 aromatic rings. The van der Waals surface area contributed by atoms with Crippen molar-refractivity contribution >= 4 is 23.7 Å². The summed E-state index contributed by atoms with van der Waals surface area (Å²) in [4.78, 5) is 22.3. The molecule has 0 bridgehead atoms. The summed E-state index contributed by atoms with van der Waals surface area (Å²) < 4.78 is 5.21. The summed E-state index contributed by atoms with van der Waals surface area (Å²) >= 11 is 0. The van der Waals surface area contributed by atoms with Crippen molar-refractivity contribution in [3.8, 4) is 5.75 Å². The maximum absolute atomic E-state index is 11.9. The molecule has 5 heteroatoms. The minimum absolute atomic E-state index is 0.187. The highest BCUT2D eigenvalue weighted by Crippen LogP contribution is 2.25. The first-order valence-corrected chi connectivity index (χ1v) is 6.38. The van der Waals surface area contributed by atoms with Crippen LogP contribution in [0.5, 0.6) is 5.75 Å². The van der Waals surface area contributed by atoms with E-state index in [0.29, 0.717) is 17.1 Å². The molecule has 0 aromatic heterocycles. The Labute approximate surface area is 122 Å². The molecule has 0 aliphatic rings. The number of anilines is 2. The Morgan fingerprint density at radius 3 is 2.57 bits per heavy atom. The average molecular weight is 283 g/mol. The van der Waals surface area contributed by atoms with Gasteiger partial charge in [-0.3, -0.25) is 4.79 Å². The molecule has 1 radical (unpaired) electrons. The van der Waals surface area contributed by atoms with Gasteiger partial charge in [-0.15, -0.1) is 0 Å². The van der Waals surface area contributed by atoms with Crippen molar-refractivity contribution in [2.45, 2.75) is 6.42 Å². The van der Waals surface area contributed by atoms with Crippen LogP contribution >= 0.6 is 0 Å². The molecule has 2 aromatic carbocycles. The summed E-state index contributed by atoms with van der Waals surface area (Å²) in [6.45, 7) is 0. The lowest BCUT2D eigenvalue weighted by atomic mass is 10.1. The summed E-state index contributed by atoms with van der Waals surface area (Å²) in [7, 11) is 1.50. The van der Waals surface area contributed by atoms with Crippen LogP contribution in [0.15, 0.2) is 48.5 Å². The number of urea groups is 1. The molecular weight excluding hydrogens is 268 g/mol. The number of rotatable bonds is 5. The van der Waals surface area contributed by atoms with E-state index in [4.69, 9.17) is 4.74 Å². The molecule has 0 heterocycles. The lowest BCUT2D eigenvalue weighted by molar-refractivity contribution is 0.262. The van der Waals surface area contributed by atoms with Gasteiger partial charge in [-0.1, -0.05) is 24.3 Å². The molecule has 0 aliphatic carbocycles. The number of carbonyl (C=O) groups is 1. The van der Waals surface area contributed by atoms with E-state index in [2.05, 4.69) is 10.6 Å². The predicted molar refractivity (Wildman–Crippen MR) is 81.5 cm³/mol. The van der Waals surface area contributed by atoms with Crippen LogP contribution in [-0.2, 0) is 11.2 Å². The molecule has 2 N–H and O–H groups in total. The van der Waals surface area contributed by atoms with Crippen LogP contribution < -0.4 is 15.4 Å². The van der Waals surface area contributed by atoms with Crippen LogP contribution in [0.2, 0.25) is 0 Å². The van der Waals surface area contributed by atoms with Crippen molar-refractivity contribution in [3.63, 3.8) is 0 Å². The Kier molecular flexibility index (Phi) is 4.93. The zero-order chi connectivity index (χ0) is 15.1. The maximum atomic E-state index is 11.9. The topological polar surface area (TPSA) is 67.4 Å². The molecule has 107 valence electrons. The summed E-state index contributed by atoms with van der Waals surface area (Å²) in [6, 6.07) is 13.9. The third kappa shape index (κ3) is 4.07. The SMILES string of the molecule is COc1cc(C[C]=O)ccc1NC(=O)Nc1ccccc1. The highest BCUT2D eigenvalue weighted by atomic mass is 16.5. The Morgan fingerprint density at radius 2 is 1.90 bits per heavy atom. The normalized spacial score (nSPS) is 9.76. The largest absolute Gasteiger partial charge is 0.495 e. The van der Waals surface area contributed by atoms with Crippen LogP contribution in [-0.4, -0.2) is 19.4 Å². The second kappa shape index (κ2) is 7.09. The lowest BCUT2D eigenvalue weighted by Crippen LogP contribution is -2.19. The molecule has 5 nitrogen and oxygen atoms in total. The zero-order valence-electron chi connectivity index (χ0n) is 11.6. The Hall–Kier alpha value is -2.82. The van der Waals surface area contributed by atoms with E-state index in [0.717, 1.165) is 5.56 Å². The van der Waals surface area contributed by atoms with Gasteiger partial charge in [-0.2, -0.15) is 0 Å². The monoisotopic (exact) mass is 283 g/mol. The van der Waals surface area contributed by atoms with Crippen LogP contribution in [0.3, 0.4) is 0 Å². The third-order valence-corrected chi connectivity index (χ3v) is 2.82. The Bertz CT molecular complexity index is 627. The number of para-hydroxylation sites is 1. The average Bonchev–Trinajstić information content (AvgIpc) is 2.50. The highest BCUT2D eigenvalue weighted by Gasteiger charge is 2.08. The van der Waals surface area contributed by atoms with E-state index < -0.39 is 0 Å². The Balaban J connectivity index is 2.08. The van der Waals surface area contributed by atoms with Crippen LogP contribution in [0.1, 0.15) is 5.56 Å². The number of ether oxygens (including phenoxy) is 1. The number of hydrogen-bond acceptors (Lipinski definition) is 3. The van der Waals surface area contributed by atoms with Crippen molar-refractivity contribution in [1.29, 1.82) is 0 Å². The van der Waals surface area contributed by atoms with Gasteiger partial charge in [0.15, 0.2) is 0 Å². The zero-order valence-corrected chi connectivity index (χ0v) is 11.6. The number of carbonyl (C=O) groups excluding carboxylic acids is 2. The molecule has 0 saturated carbocycles. The van der Waals surface area contributed by atoms with E-state index >= 15 is 0 Å². The molecule has 0 saturated heterocycles. The standard InChI is InChI=1S/C16H15N2O3/c1-21-15-11-12(9-10-19)7-8-14(15)18-16(20)17-13-5-3-2-4-6-13/h2-8,11H,9H2,1H3,(H2,17,18,20). The smallest absolute Gasteiger partial charge is 0.323 e. The van der Waals surface area contributed by atoms with E-state index in [-0.39, 0.29) is 12.5 Å². The fraction of sp³-hybridized carbons (Fsp3) is 0.125. The van der Waals surface area contributed by atoms with Crippen LogP contribution in [0, 0.1) is 0 Å². The fourth-order valence-corrected chi connectivity index (χ4v) is 1.84. The number of benzene rings is 2.